The molecule has 0 spiro atoms. The molecule has 1 aliphatic rings. The molecule has 6 nitrogen and oxygen atoms in total. The van der Waals surface area contributed by atoms with Crippen molar-refractivity contribution in [2.75, 3.05) is 11.9 Å². The van der Waals surface area contributed by atoms with Gasteiger partial charge in [-0.1, -0.05) is 6.92 Å². The van der Waals surface area contributed by atoms with Gasteiger partial charge in [0.25, 0.3) is 5.78 Å². The molecule has 24 heavy (non-hydrogen) atoms. The van der Waals surface area contributed by atoms with Crippen LogP contribution < -0.4 is 10.1 Å². The van der Waals surface area contributed by atoms with Crippen LogP contribution in [0.3, 0.4) is 0 Å². The quantitative estimate of drug-likeness (QED) is 0.797. The van der Waals surface area contributed by atoms with Crippen LogP contribution >= 0.6 is 0 Å². The minimum Gasteiger partial charge on any atom is -0.494 e. The van der Waals surface area contributed by atoms with Gasteiger partial charge in [-0.15, -0.1) is 0 Å². The Morgan fingerprint density at radius 3 is 2.92 bits per heavy atom. The van der Waals surface area contributed by atoms with Crippen molar-refractivity contribution in [3.05, 3.63) is 41.9 Å². The molecule has 1 N–H and O–H groups in total. The molecule has 0 bridgehead atoms. The van der Waals surface area contributed by atoms with Crippen LogP contribution in [-0.4, -0.2) is 26.2 Å². The first-order chi connectivity index (χ1) is 11.7. The van der Waals surface area contributed by atoms with E-state index in [9.17, 15) is 0 Å². The Balaban J connectivity index is 1.73. The van der Waals surface area contributed by atoms with Gasteiger partial charge < -0.3 is 10.1 Å². The number of fused-ring (bicyclic) bond motifs is 2. The number of benzene rings is 1. The molecule has 0 aliphatic heterocycles. The number of nitrogens with one attached hydrogen (secondary N) is 1. The van der Waals surface area contributed by atoms with E-state index >= 15 is 0 Å². The molecule has 1 aromatic carbocycles. The second-order valence-electron chi connectivity index (χ2n) is 6.29. The Kier molecular flexibility index (Phi) is 3.80. The van der Waals surface area contributed by atoms with E-state index in [0.29, 0.717) is 18.3 Å². The molecule has 124 valence electrons. The summed E-state index contributed by atoms with van der Waals surface area (Å²) < 4.78 is 7.30. The van der Waals surface area contributed by atoms with Gasteiger partial charge >= 0.3 is 0 Å². The lowest BCUT2D eigenvalue weighted by Gasteiger charge is -2.23. The maximum Gasteiger partial charge on any atom is 0.254 e. The molecular weight excluding hydrogens is 302 g/mol. The third-order valence-corrected chi connectivity index (χ3v) is 4.47. The second-order valence-corrected chi connectivity index (χ2v) is 6.29. The van der Waals surface area contributed by atoms with E-state index in [1.165, 1.54) is 12.0 Å². The molecule has 3 aromatic rings. The molecule has 0 saturated heterocycles. The molecule has 0 amide bonds. The number of hydrogen-bond acceptors (Lipinski definition) is 5. The summed E-state index contributed by atoms with van der Waals surface area (Å²) in [6.45, 7) is 4.93. The Labute approximate surface area is 140 Å². The minimum absolute atomic E-state index is 0.649. The monoisotopic (exact) mass is 323 g/mol. The Hall–Kier alpha value is -2.63. The van der Waals surface area contributed by atoms with Crippen molar-refractivity contribution in [1.29, 1.82) is 0 Å². The zero-order valence-electron chi connectivity index (χ0n) is 14.0. The molecule has 4 rings (SSSR count). The van der Waals surface area contributed by atoms with E-state index in [2.05, 4.69) is 22.3 Å². The fourth-order valence-electron chi connectivity index (χ4n) is 3.24. The summed E-state index contributed by atoms with van der Waals surface area (Å²) in [6, 6.07) is 7.98. The Bertz CT molecular complexity index is 856. The van der Waals surface area contributed by atoms with Crippen LogP contribution in [0, 0.1) is 5.92 Å². The van der Waals surface area contributed by atoms with Gasteiger partial charge in [0.2, 0.25) is 0 Å². The van der Waals surface area contributed by atoms with E-state index in [0.717, 1.165) is 35.8 Å². The van der Waals surface area contributed by atoms with Crippen molar-refractivity contribution < 1.29 is 4.74 Å². The van der Waals surface area contributed by atoms with Crippen molar-refractivity contribution in [3.8, 4) is 5.75 Å². The predicted octanol–water partition coefficient (Wildman–Crippen LogP) is 3.39. The summed E-state index contributed by atoms with van der Waals surface area (Å²) in [5.74, 6) is 3.16. The lowest BCUT2D eigenvalue weighted by atomic mass is 9.88. The molecule has 1 atom stereocenters. The van der Waals surface area contributed by atoms with Crippen molar-refractivity contribution in [1.82, 2.24) is 19.6 Å². The van der Waals surface area contributed by atoms with Gasteiger partial charge in [-0.05, 0) is 56.4 Å². The van der Waals surface area contributed by atoms with E-state index in [1.54, 1.807) is 10.8 Å². The zero-order chi connectivity index (χ0) is 16.5. The summed E-state index contributed by atoms with van der Waals surface area (Å²) >= 11 is 0. The highest BCUT2D eigenvalue weighted by Crippen LogP contribution is 2.31. The van der Waals surface area contributed by atoms with E-state index < -0.39 is 0 Å². The van der Waals surface area contributed by atoms with Crippen molar-refractivity contribution in [2.45, 2.75) is 33.1 Å². The smallest absolute Gasteiger partial charge is 0.254 e. The predicted molar refractivity (Wildman–Crippen MR) is 92.9 cm³/mol. The summed E-state index contributed by atoms with van der Waals surface area (Å²) in [5, 5.41) is 7.86. The van der Waals surface area contributed by atoms with Crippen LogP contribution in [0.15, 0.2) is 30.6 Å². The minimum atomic E-state index is 0.649. The highest BCUT2D eigenvalue weighted by atomic mass is 16.5. The summed E-state index contributed by atoms with van der Waals surface area (Å²) in [5.41, 5.74) is 3.39. The summed E-state index contributed by atoms with van der Waals surface area (Å²) in [6.07, 6.45) is 4.74. The molecule has 1 aliphatic carbocycles. The molecule has 0 unspecified atom stereocenters. The van der Waals surface area contributed by atoms with Gasteiger partial charge in [0.05, 0.1) is 12.3 Å². The molecule has 6 heteroatoms. The van der Waals surface area contributed by atoms with Crippen LogP contribution in [-0.2, 0) is 12.8 Å². The van der Waals surface area contributed by atoms with Gasteiger partial charge in [0.1, 0.15) is 17.9 Å². The number of hydrogen-bond donors (Lipinski definition) is 1. The van der Waals surface area contributed by atoms with Gasteiger partial charge in [-0.2, -0.15) is 14.6 Å². The van der Waals surface area contributed by atoms with Crippen molar-refractivity contribution in [3.63, 3.8) is 0 Å². The standard InChI is InChI=1S/C18H21N5O/c1-3-24-14-7-5-13(6-8-14)21-17-15-9-4-12(2)10-16(15)22-18-19-11-20-23(17)18/h5-8,11-12,21H,3-4,9-10H2,1-2H3/t12-/m1/s1. The van der Waals surface area contributed by atoms with Crippen LogP contribution in [0.4, 0.5) is 11.5 Å². The fourth-order valence-corrected chi connectivity index (χ4v) is 3.24. The molecule has 0 radical (unpaired) electrons. The first-order valence-electron chi connectivity index (χ1n) is 8.46. The SMILES string of the molecule is CCOc1ccc(Nc2c3c(nc4ncnn24)C[C@H](C)CC3)cc1. The van der Waals surface area contributed by atoms with Gasteiger partial charge in [-0.3, -0.25) is 0 Å². The number of ether oxygens (including phenoxy) is 1. The Morgan fingerprint density at radius 1 is 1.29 bits per heavy atom. The normalized spacial score (nSPS) is 16.8. The van der Waals surface area contributed by atoms with Crippen LogP contribution in [0.1, 0.15) is 31.5 Å². The van der Waals surface area contributed by atoms with Crippen LogP contribution in [0.5, 0.6) is 5.75 Å². The first kappa shape index (κ1) is 14.9. The third kappa shape index (κ3) is 2.68. The van der Waals surface area contributed by atoms with Crippen molar-refractivity contribution in [2.24, 2.45) is 5.92 Å². The molecule has 2 heterocycles. The van der Waals surface area contributed by atoms with Gasteiger partial charge in [0.15, 0.2) is 0 Å². The molecule has 2 aromatic heterocycles. The average molecular weight is 323 g/mol. The zero-order valence-corrected chi connectivity index (χ0v) is 14.0. The van der Waals surface area contributed by atoms with E-state index in [-0.39, 0.29) is 0 Å². The van der Waals surface area contributed by atoms with Crippen molar-refractivity contribution >= 4 is 17.3 Å². The lowest BCUT2D eigenvalue weighted by Crippen LogP contribution is -2.18. The number of anilines is 2. The van der Waals surface area contributed by atoms with E-state index in [1.807, 2.05) is 31.2 Å². The average Bonchev–Trinajstić information content (AvgIpc) is 3.04. The highest BCUT2D eigenvalue weighted by molar-refractivity contribution is 5.63. The topological polar surface area (TPSA) is 64.3 Å². The Morgan fingerprint density at radius 2 is 2.12 bits per heavy atom. The maximum absolute atomic E-state index is 5.51. The molecular formula is C18H21N5O. The summed E-state index contributed by atoms with van der Waals surface area (Å²) in [7, 11) is 0. The third-order valence-electron chi connectivity index (χ3n) is 4.47. The number of nitrogens with zero attached hydrogens (tertiary/aromatic N) is 4. The molecule has 0 fully saturated rings. The number of rotatable bonds is 4. The van der Waals surface area contributed by atoms with Crippen LogP contribution in [0.2, 0.25) is 0 Å². The first-order valence-corrected chi connectivity index (χ1v) is 8.46. The highest BCUT2D eigenvalue weighted by Gasteiger charge is 2.23. The fraction of sp³-hybridized carbons (Fsp3) is 0.389. The maximum atomic E-state index is 5.51. The van der Waals surface area contributed by atoms with E-state index in [4.69, 9.17) is 9.72 Å². The largest absolute Gasteiger partial charge is 0.494 e. The molecule has 0 saturated carbocycles. The number of aromatic nitrogens is 4. The lowest BCUT2D eigenvalue weighted by molar-refractivity contribution is 0.340. The second kappa shape index (κ2) is 6.11. The van der Waals surface area contributed by atoms with Crippen LogP contribution in [0.25, 0.3) is 5.78 Å². The summed E-state index contributed by atoms with van der Waals surface area (Å²) in [4.78, 5) is 8.97. The van der Waals surface area contributed by atoms with Gasteiger partial charge in [0, 0.05) is 11.3 Å². The van der Waals surface area contributed by atoms with Gasteiger partial charge in [-0.25, -0.2) is 4.98 Å².